The van der Waals surface area contributed by atoms with E-state index in [0.29, 0.717) is 0 Å². The fourth-order valence-corrected chi connectivity index (χ4v) is 1.31. The third-order valence-electron chi connectivity index (χ3n) is 2.00. The summed E-state index contributed by atoms with van der Waals surface area (Å²) < 4.78 is 0. The van der Waals surface area contributed by atoms with Crippen LogP contribution in [0.4, 0.5) is 0 Å². The van der Waals surface area contributed by atoms with Crippen molar-refractivity contribution >= 4 is 0 Å². The van der Waals surface area contributed by atoms with Gasteiger partial charge >= 0.3 is 0 Å². The van der Waals surface area contributed by atoms with Gasteiger partial charge in [-0.1, -0.05) is 24.0 Å². The van der Waals surface area contributed by atoms with E-state index in [4.69, 9.17) is 12.8 Å². The van der Waals surface area contributed by atoms with Crippen molar-refractivity contribution in [3.63, 3.8) is 0 Å². The summed E-state index contributed by atoms with van der Waals surface area (Å²) in [7, 11) is 0. The van der Waals surface area contributed by atoms with Gasteiger partial charge in [0.25, 0.3) is 0 Å². The molecule has 0 aromatic heterocycles. The van der Waals surface area contributed by atoms with Gasteiger partial charge in [-0.05, 0) is 25.7 Å². The first-order valence-electron chi connectivity index (χ1n) is 4.18. The Morgan fingerprint density at radius 3 is 1.62 bits per heavy atom. The van der Waals surface area contributed by atoms with Crippen LogP contribution in [0.1, 0.15) is 25.7 Å². The second-order valence-electron chi connectivity index (χ2n) is 2.79. The molecule has 13 heavy (non-hydrogen) atoms. The quantitative estimate of drug-likeness (QED) is 0.465. The summed E-state index contributed by atoms with van der Waals surface area (Å²) in [5.41, 5.74) is 2.03. The van der Waals surface area contributed by atoms with Gasteiger partial charge in [-0.3, -0.25) is 0 Å². The van der Waals surface area contributed by atoms with E-state index in [-0.39, 0.29) is 21.1 Å². The number of rotatable bonds is 0. The molecule has 0 aromatic carbocycles. The number of hydrogen-bond donors (Lipinski definition) is 0. The van der Waals surface area contributed by atoms with E-state index in [1.165, 1.54) is 0 Å². The van der Waals surface area contributed by atoms with Crippen LogP contribution >= 0.6 is 0 Å². The second kappa shape index (κ2) is 6.77. The average molecular weight is 351 g/mol. The van der Waals surface area contributed by atoms with Gasteiger partial charge in [0.05, 0.1) is 0 Å². The Morgan fingerprint density at radius 1 is 0.923 bits per heavy atom. The Bertz CT molecular complexity index is 264. The van der Waals surface area contributed by atoms with Crippen molar-refractivity contribution in [3.05, 3.63) is 23.3 Å². The van der Waals surface area contributed by atoms with Crippen LogP contribution in [0.5, 0.6) is 0 Å². The van der Waals surface area contributed by atoms with E-state index in [1.54, 1.807) is 0 Å². The maximum atomic E-state index is 5.36. The molecule has 0 saturated heterocycles. The van der Waals surface area contributed by atoms with E-state index >= 15 is 0 Å². The summed E-state index contributed by atoms with van der Waals surface area (Å²) in [5.74, 6) is 5.35. The third-order valence-corrected chi connectivity index (χ3v) is 2.00. The van der Waals surface area contributed by atoms with Crippen LogP contribution in [-0.4, -0.2) is 0 Å². The second-order valence-corrected chi connectivity index (χ2v) is 2.79. The van der Waals surface area contributed by atoms with E-state index in [2.05, 4.69) is 24.0 Å². The molecule has 0 amide bonds. The van der Waals surface area contributed by atoms with Gasteiger partial charge in [0.2, 0.25) is 0 Å². The molecule has 1 rings (SSSR count). The molecule has 0 radical (unpaired) electrons. The predicted octanol–water partition coefficient (Wildman–Crippen LogP) is 2.68. The molecular weight excluding hydrogens is 339 g/mol. The van der Waals surface area contributed by atoms with Crippen LogP contribution in [0.15, 0.2) is 23.3 Å². The summed E-state index contributed by atoms with van der Waals surface area (Å²) in [6, 6.07) is 0. The van der Waals surface area contributed by atoms with Crippen molar-refractivity contribution < 1.29 is 21.1 Å². The molecule has 0 unspecified atom stereocenters. The average Bonchev–Trinajstić information content (AvgIpc) is 2.05. The maximum Gasteiger partial charge on any atom is 0.0136 e. The molecule has 1 heteroatoms. The zero-order valence-corrected chi connectivity index (χ0v) is 9.73. The maximum absolute atomic E-state index is 5.36. The van der Waals surface area contributed by atoms with Crippen molar-refractivity contribution in [3.8, 4) is 24.7 Å². The molecule has 0 fully saturated rings. The summed E-state index contributed by atoms with van der Waals surface area (Å²) in [6.07, 6.45) is 19.0. The Balaban J connectivity index is 0.00000144. The van der Waals surface area contributed by atoms with E-state index < -0.39 is 0 Å². The molecule has 1 aliphatic carbocycles. The summed E-state index contributed by atoms with van der Waals surface area (Å²) >= 11 is 0. The summed E-state index contributed by atoms with van der Waals surface area (Å²) in [4.78, 5) is 0. The zero-order chi connectivity index (χ0) is 8.81. The SMILES string of the molecule is C#CC1=C(C#C)CCC=CCC1.[Pt]. The van der Waals surface area contributed by atoms with Gasteiger partial charge in [-0.25, -0.2) is 0 Å². The van der Waals surface area contributed by atoms with Crippen molar-refractivity contribution in [1.82, 2.24) is 0 Å². The number of hydrogen-bond acceptors (Lipinski definition) is 0. The van der Waals surface area contributed by atoms with Gasteiger partial charge in [-0.2, -0.15) is 0 Å². The first kappa shape index (κ1) is 12.3. The van der Waals surface area contributed by atoms with Crippen molar-refractivity contribution in [2.75, 3.05) is 0 Å². The van der Waals surface area contributed by atoms with Crippen LogP contribution < -0.4 is 0 Å². The smallest absolute Gasteiger partial charge is 0.0136 e. The zero-order valence-electron chi connectivity index (χ0n) is 7.45. The normalized spacial score (nSPS) is 16.2. The fourth-order valence-electron chi connectivity index (χ4n) is 1.31. The molecule has 70 valence electrons. The van der Waals surface area contributed by atoms with E-state index in [1.807, 2.05) is 0 Å². The molecule has 0 heterocycles. The molecule has 0 aromatic rings. The molecule has 0 bridgehead atoms. The van der Waals surface area contributed by atoms with E-state index in [9.17, 15) is 0 Å². The largest absolute Gasteiger partial charge is 0.115 e. The van der Waals surface area contributed by atoms with Crippen LogP contribution in [-0.2, 0) is 21.1 Å². The Morgan fingerprint density at radius 2 is 1.31 bits per heavy atom. The van der Waals surface area contributed by atoms with Gasteiger partial charge < -0.3 is 0 Å². The summed E-state index contributed by atoms with van der Waals surface area (Å²) in [6.45, 7) is 0. The third kappa shape index (κ3) is 3.67. The molecule has 0 spiro atoms. The van der Waals surface area contributed by atoms with Crippen molar-refractivity contribution in [1.29, 1.82) is 0 Å². The van der Waals surface area contributed by atoms with Gasteiger partial charge in [0.15, 0.2) is 0 Å². The fraction of sp³-hybridized carbons (Fsp3) is 0.333. The van der Waals surface area contributed by atoms with E-state index in [0.717, 1.165) is 36.8 Å². The molecule has 1 aliphatic rings. The van der Waals surface area contributed by atoms with Crippen molar-refractivity contribution in [2.24, 2.45) is 0 Å². The van der Waals surface area contributed by atoms with Gasteiger partial charge in [-0.15, -0.1) is 12.8 Å². The van der Waals surface area contributed by atoms with Crippen LogP contribution in [0.2, 0.25) is 0 Å². The number of terminal acetylenes is 2. The first-order valence-corrected chi connectivity index (χ1v) is 4.18. The molecule has 0 aliphatic heterocycles. The molecule has 0 atom stereocenters. The molecule has 0 nitrogen and oxygen atoms in total. The van der Waals surface area contributed by atoms with Crippen molar-refractivity contribution in [2.45, 2.75) is 25.7 Å². The molecule has 0 saturated carbocycles. The Labute approximate surface area is 94.8 Å². The molecular formula is C12H12Pt. The monoisotopic (exact) mass is 351 g/mol. The molecule has 0 N–H and O–H groups in total. The first-order chi connectivity index (χ1) is 5.88. The van der Waals surface area contributed by atoms with Crippen LogP contribution in [0.3, 0.4) is 0 Å². The Kier molecular flexibility index (Phi) is 6.40. The minimum atomic E-state index is 0. The van der Waals surface area contributed by atoms with Gasteiger partial charge in [0.1, 0.15) is 0 Å². The Hall–Kier alpha value is -0.712. The minimum Gasteiger partial charge on any atom is -0.115 e. The number of allylic oxidation sites excluding steroid dienone is 4. The topological polar surface area (TPSA) is 0 Å². The minimum absolute atomic E-state index is 0. The summed E-state index contributed by atoms with van der Waals surface area (Å²) in [5, 5.41) is 0. The van der Waals surface area contributed by atoms with Crippen LogP contribution in [0.25, 0.3) is 0 Å². The standard InChI is InChI=1S/C12H12.Pt/c1-3-11-9-7-5-6-8-10-12(11)4-2;/h1-2,5-6H,7-10H2;. The predicted molar refractivity (Wildman–Crippen MR) is 52.3 cm³/mol. The van der Waals surface area contributed by atoms with Gasteiger partial charge in [0, 0.05) is 32.2 Å². The van der Waals surface area contributed by atoms with Crippen LogP contribution in [0, 0.1) is 24.7 Å².